The first-order chi connectivity index (χ1) is 16.8. The van der Waals surface area contributed by atoms with Gasteiger partial charge in [0.2, 0.25) is 11.7 Å². The van der Waals surface area contributed by atoms with Gasteiger partial charge in [0.1, 0.15) is 11.6 Å². The number of benzene rings is 1. The Morgan fingerprint density at radius 3 is 2.57 bits per heavy atom. The second-order valence-corrected chi connectivity index (χ2v) is 10.0. The summed E-state index contributed by atoms with van der Waals surface area (Å²) in [4.78, 5) is 46.0. The fourth-order valence-electron chi connectivity index (χ4n) is 5.68. The zero-order chi connectivity index (χ0) is 24.7. The number of likely N-dealkylation sites (tertiary alicyclic amines) is 1. The topological polar surface area (TPSA) is 117 Å². The van der Waals surface area contributed by atoms with Crippen LogP contribution in [0.2, 0.25) is 0 Å². The average molecular weight is 484 g/mol. The molecule has 1 saturated carbocycles. The second-order valence-electron chi connectivity index (χ2n) is 10.0. The third kappa shape index (κ3) is 4.31. The molecule has 6 rings (SSSR count). The summed E-state index contributed by atoms with van der Waals surface area (Å²) in [6.45, 7) is 1.33. The summed E-state index contributed by atoms with van der Waals surface area (Å²) in [6, 6.07) is 5.42. The first-order valence-corrected chi connectivity index (χ1v) is 12.2. The first-order valence-electron chi connectivity index (χ1n) is 12.2. The van der Waals surface area contributed by atoms with Gasteiger partial charge in [-0.05, 0) is 75.7 Å². The van der Waals surface area contributed by atoms with E-state index in [0.29, 0.717) is 30.8 Å². The molecule has 3 aliphatic heterocycles. The minimum Gasteiger partial charge on any atom is -0.501 e. The summed E-state index contributed by atoms with van der Waals surface area (Å²) in [6.07, 6.45) is 4.59. The minimum absolute atomic E-state index is 0.0800. The van der Waals surface area contributed by atoms with Crippen LogP contribution in [-0.4, -0.2) is 51.0 Å². The Labute approximate surface area is 202 Å². The predicted octanol–water partition coefficient (Wildman–Crippen LogP) is 1.63. The van der Waals surface area contributed by atoms with Crippen LogP contribution < -0.4 is 16.2 Å². The molecule has 1 aliphatic carbocycles. The van der Waals surface area contributed by atoms with Crippen molar-refractivity contribution in [3.63, 3.8) is 0 Å². The molecule has 0 unspecified atom stereocenters. The van der Waals surface area contributed by atoms with E-state index in [9.17, 15) is 23.9 Å². The van der Waals surface area contributed by atoms with Gasteiger partial charge in [-0.15, -0.1) is 0 Å². The van der Waals surface area contributed by atoms with Gasteiger partial charge in [-0.2, -0.15) is 0 Å². The highest BCUT2D eigenvalue weighted by Crippen LogP contribution is 2.43. The van der Waals surface area contributed by atoms with Crippen LogP contribution in [0.15, 0.2) is 29.1 Å². The lowest BCUT2D eigenvalue weighted by Gasteiger charge is -2.38. The van der Waals surface area contributed by atoms with Gasteiger partial charge in [0, 0.05) is 13.1 Å². The molecule has 0 radical (unpaired) electrons. The van der Waals surface area contributed by atoms with Gasteiger partial charge in [0.15, 0.2) is 5.69 Å². The zero-order valence-corrected chi connectivity index (χ0v) is 19.7. The summed E-state index contributed by atoms with van der Waals surface area (Å²) >= 11 is 0. The average Bonchev–Trinajstić information content (AvgIpc) is 3.15. The van der Waals surface area contributed by atoms with Crippen molar-refractivity contribution in [2.75, 3.05) is 13.6 Å². The van der Waals surface area contributed by atoms with Gasteiger partial charge in [-0.3, -0.25) is 23.9 Å². The van der Waals surface area contributed by atoms with E-state index >= 15 is 0 Å². The number of carbonyl (C=O) groups is 2. The lowest BCUT2D eigenvalue weighted by Crippen LogP contribution is -2.54. The highest BCUT2D eigenvalue weighted by Gasteiger charge is 2.47. The Morgan fingerprint density at radius 1 is 1.20 bits per heavy atom. The number of hydrogen-bond donors (Lipinski definition) is 3. The number of halogens is 1. The second kappa shape index (κ2) is 9.07. The van der Waals surface area contributed by atoms with E-state index in [-0.39, 0.29) is 35.9 Å². The van der Waals surface area contributed by atoms with Crippen LogP contribution in [0.1, 0.15) is 60.4 Å². The van der Waals surface area contributed by atoms with Crippen molar-refractivity contribution in [2.24, 2.45) is 5.92 Å². The Kier molecular flexibility index (Phi) is 6.08. The number of nitrogens with one attached hydrogen (secondary N) is 2. The van der Waals surface area contributed by atoms with E-state index in [1.807, 2.05) is 11.9 Å². The number of likely N-dealkylation sites (N-methyl/N-ethyl adjacent to an activating group) is 1. The molecule has 4 heterocycles. The molecule has 2 aromatic rings. The van der Waals surface area contributed by atoms with Gasteiger partial charge in [0.05, 0.1) is 11.6 Å². The molecule has 2 bridgehead atoms. The van der Waals surface area contributed by atoms with Crippen molar-refractivity contribution in [2.45, 2.75) is 63.2 Å². The fourth-order valence-corrected chi connectivity index (χ4v) is 5.68. The molecule has 0 spiro atoms. The molecule has 1 saturated heterocycles. The van der Waals surface area contributed by atoms with Crippen molar-refractivity contribution in [3.8, 4) is 5.75 Å². The maximum absolute atomic E-state index is 13.3. The molecule has 9 nitrogen and oxygen atoms in total. The number of aromatic nitrogens is 2. The SMILES string of the molecule is CN1CCC[C@@H]1C(=O)NC12CCC(CC1)Cn1c2nc(C(=O)NCc2ccc(F)cc2)c(O)c1=O. The molecule has 1 atom stereocenters. The summed E-state index contributed by atoms with van der Waals surface area (Å²) < 4.78 is 14.6. The van der Waals surface area contributed by atoms with Crippen molar-refractivity contribution in [1.29, 1.82) is 0 Å². The van der Waals surface area contributed by atoms with Crippen LogP contribution in [0, 0.1) is 11.7 Å². The van der Waals surface area contributed by atoms with Crippen molar-refractivity contribution in [3.05, 3.63) is 57.5 Å². The predicted molar refractivity (Wildman–Crippen MR) is 125 cm³/mol. The maximum atomic E-state index is 13.3. The van der Waals surface area contributed by atoms with Crippen LogP contribution >= 0.6 is 0 Å². The first kappa shape index (κ1) is 23.5. The molecule has 186 valence electrons. The molecular formula is C25H30FN5O4. The van der Waals surface area contributed by atoms with Crippen molar-refractivity contribution < 1.29 is 19.1 Å². The summed E-state index contributed by atoms with van der Waals surface area (Å²) in [5, 5.41) is 16.5. The molecule has 1 aromatic carbocycles. The van der Waals surface area contributed by atoms with Crippen LogP contribution in [0.25, 0.3) is 0 Å². The molecule has 35 heavy (non-hydrogen) atoms. The standard InChI is InChI=1S/C25H30FN5O4/c1-30-12-2-3-18(30)21(33)29-25-10-8-16(9-11-25)14-31-23(35)20(32)19(28-24(25)31)22(34)27-13-15-4-6-17(26)7-5-15/h4-7,16,18,32H,2-3,8-14H2,1H3,(H,27,34)(H,29,33)/t16?,18-,25?/m1/s1. The highest BCUT2D eigenvalue weighted by atomic mass is 19.1. The van der Waals surface area contributed by atoms with E-state index in [4.69, 9.17) is 0 Å². The van der Waals surface area contributed by atoms with E-state index in [0.717, 1.165) is 32.2 Å². The Balaban J connectivity index is 1.47. The smallest absolute Gasteiger partial charge is 0.296 e. The van der Waals surface area contributed by atoms with E-state index < -0.39 is 22.8 Å². The molecule has 10 heteroatoms. The van der Waals surface area contributed by atoms with Gasteiger partial charge in [0.25, 0.3) is 11.5 Å². The third-order valence-corrected chi connectivity index (χ3v) is 7.74. The number of fused-ring (bicyclic) bond motifs is 2. The van der Waals surface area contributed by atoms with Crippen LogP contribution in [-0.2, 0) is 23.4 Å². The molecule has 4 aliphatic rings. The van der Waals surface area contributed by atoms with Crippen molar-refractivity contribution in [1.82, 2.24) is 25.1 Å². The molecule has 2 amide bonds. The van der Waals surface area contributed by atoms with Gasteiger partial charge >= 0.3 is 0 Å². The normalized spacial score (nSPS) is 25.7. The lowest BCUT2D eigenvalue weighted by atomic mass is 9.77. The summed E-state index contributed by atoms with van der Waals surface area (Å²) in [7, 11) is 1.93. The monoisotopic (exact) mass is 483 g/mol. The van der Waals surface area contributed by atoms with Crippen molar-refractivity contribution >= 4 is 11.8 Å². The molecule has 1 aromatic heterocycles. The van der Waals surface area contributed by atoms with E-state index in [2.05, 4.69) is 15.6 Å². The largest absolute Gasteiger partial charge is 0.501 e. The lowest BCUT2D eigenvalue weighted by molar-refractivity contribution is -0.127. The quantitative estimate of drug-likeness (QED) is 0.595. The molecule has 3 N–H and O–H groups in total. The van der Waals surface area contributed by atoms with E-state index in [1.54, 1.807) is 0 Å². The maximum Gasteiger partial charge on any atom is 0.296 e. The number of nitrogens with zero attached hydrogens (tertiary/aromatic N) is 3. The fraction of sp³-hybridized carbons (Fsp3) is 0.520. The minimum atomic E-state index is -0.869. The zero-order valence-electron chi connectivity index (χ0n) is 19.7. The van der Waals surface area contributed by atoms with Crippen LogP contribution in [0.5, 0.6) is 5.75 Å². The molecule has 2 fully saturated rings. The van der Waals surface area contributed by atoms with Gasteiger partial charge < -0.3 is 15.7 Å². The van der Waals surface area contributed by atoms with Gasteiger partial charge in [-0.25, -0.2) is 9.37 Å². The highest BCUT2D eigenvalue weighted by molar-refractivity contribution is 5.94. The summed E-state index contributed by atoms with van der Waals surface area (Å²) in [5.74, 6) is -1.31. The van der Waals surface area contributed by atoms with E-state index in [1.165, 1.54) is 28.8 Å². The summed E-state index contributed by atoms with van der Waals surface area (Å²) in [5.41, 5.74) is -1.24. The Hall–Kier alpha value is -3.27. The van der Waals surface area contributed by atoms with Crippen LogP contribution in [0.3, 0.4) is 0 Å². The number of hydrogen-bond acceptors (Lipinski definition) is 6. The Morgan fingerprint density at radius 2 is 1.91 bits per heavy atom. The number of carbonyl (C=O) groups excluding carboxylic acids is 2. The Bertz CT molecular complexity index is 1200. The number of rotatable bonds is 5. The molecular weight excluding hydrogens is 453 g/mol. The van der Waals surface area contributed by atoms with Gasteiger partial charge in [-0.1, -0.05) is 12.1 Å². The number of amides is 2. The third-order valence-electron chi connectivity index (χ3n) is 7.74. The van der Waals surface area contributed by atoms with Crippen LogP contribution in [0.4, 0.5) is 4.39 Å². The number of aromatic hydroxyl groups is 1.